The van der Waals surface area contributed by atoms with E-state index in [1.165, 1.54) is 7.11 Å². The second-order valence-electron chi connectivity index (χ2n) is 9.10. The number of rotatable bonds is 4. The molecule has 0 spiro atoms. The monoisotopic (exact) mass is 464 g/mol. The fourth-order valence-corrected chi connectivity index (χ4v) is 5.13. The van der Waals surface area contributed by atoms with Crippen LogP contribution in [0.15, 0.2) is 30.5 Å². The number of hydrogen-bond acceptors (Lipinski definition) is 8. The Labute approximate surface area is 197 Å². The molecule has 34 heavy (non-hydrogen) atoms. The smallest absolute Gasteiger partial charge is 0.411 e. The van der Waals surface area contributed by atoms with Crippen LogP contribution in [0.3, 0.4) is 0 Å². The number of aromatic nitrogens is 4. The summed E-state index contributed by atoms with van der Waals surface area (Å²) < 4.78 is 18.3. The Kier molecular flexibility index (Phi) is 5.54. The summed E-state index contributed by atoms with van der Waals surface area (Å²) in [6, 6.07) is 7.85. The van der Waals surface area contributed by atoms with Gasteiger partial charge in [0.25, 0.3) is 0 Å². The Balaban J connectivity index is 1.42. The third kappa shape index (κ3) is 3.97. The van der Waals surface area contributed by atoms with Gasteiger partial charge < -0.3 is 19.1 Å². The van der Waals surface area contributed by atoms with E-state index >= 15 is 0 Å². The van der Waals surface area contributed by atoms with Crippen LogP contribution in [0.2, 0.25) is 0 Å². The molecule has 2 bridgehead atoms. The van der Waals surface area contributed by atoms with Gasteiger partial charge in [-0.1, -0.05) is 12.1 Å². The number of nitrogens with one attached hydrogen (secondary N) is 1. The molecule has 10 heteroatoms. The lowest BCUT2D eigenvalue weighted by atomic mass is 10.1. The van der Waals surface area contributed by atoms with E-state index in [2.05, 4.69) is 19.6 Å². The predicted molar refractivity (Wildman–Crippen MR) is 126 cm³/mol. The summed E-state index contributed by atoms with van der Waals surface area (Å²) >= 11 is 0. The molecular weight excluding hydrogens is 436 g/mol. The van der Waals surface area contributed by atoms with Crippen molar-refractivity contribution in [2.45, 2.75) is 43.9 Å². The number of morpholine rings is 1. The van der Waals surface area contributed by atoms with Gasteiger partial charge in [0.05, 0.1) is 42.6 Å². The minimum Gasteiger partial charge on any atom is -0.453 e. The first-order valence-electron chi connectivity index (χ1n) is 11.9. The third-order valence-electron chi connectivity index (χ3n) is 6.90. The van der Waals surface area contributed by atoms with E-state index in [1.54, 1.807) is 0 Å². The van der Waals surface area contributed by atoms with Crippen LogP contribution in [0.1, 0.15) is 31.7 Å². The van der Waals surface area contributed by atoms with Gasteiger partial charge in [0, 0.05) is 37.6 Å². The van der Waals surface area contributed by atoms with Crippen LogP contribution in [-0.2, 0) is 14.2 Å². The van der Waals surface area contributed by atoms with Gasteiger partial charge in [-0.05, 0) is 37.8 Å². The zero-order valence-corrected chi connectivity index (χ0v) is 19.1. The first-order chi connectivity index (χ1) is 16.7. The highest BCUT2D eigenvalue weighted by Crippen LogP contribution is 2.34. The summed E-state index contributed by atoms with van der Waals surface area (Å²) in [5, 5.41) is 8.35. The first-order valence-corrected chi connectivity index (χ1v) is 11.9. The van der Waals surface area contributed by atoms with E-state index in [9.17, 15) is 4.79 Å². The molecule has 1 aromatic carbocycles. The number of fused-ring (bicyclic) bond motifs is 3. The highest BCUT2D eigenvalue weighted by atomic mass is 16.5. The summed E-state index contributed by atoms with van der Waals surface area (Å²) in [6.07, 6.45) is 5.86. The number of anilines is 2. The van der Waals surface area contributed by atoms with Gasteiger partial charge in [-0.15, -0.1) is 0 Å². The van der Waals surface area contributed by atoms with Gasteiger partial charge in [0.15, 0.2) is 5.65 Å². The molecule has 10 nitrogen and oxygen atoms in total. The molecule has 3 fully saturated rings. The van der Waals surface area contributed by atoms with Crippen LogP contribution < -0.4 is 10.2 Å². The lowest BCUT2D eigenvalue weighted by Crippen LogP contribution is -2.43. The number of nitrogens with zero attached hydrogens (tertiary/aromatic N) is 5. The number of carbonyl (C=O) groups is 1. The molecule has 5 heterocycles. The topological polar surface area (TPSA) is 104 Å². The van der Waals surface area contributed by atoms with Gasteiger partial charge in [0.1, 0.15) is 0 Å². The molecule has 3 aromatic rings. The van der Waals surface area contributed by atoms with Crippen LogP contribution in [-0.4, -0.2) is 71.5 Å². The van der Waals surface area contributed by atoms with Crippen LogP contribution in [0.4, 0.5) is 16.4 Å². The van der Waals surface area contributed by atoms with Crippen LogP contribution >= 0.6 is 0 Å². The van der Waals surface area contributed by atoms with E-state index < -0.39 is 6.09 Å². The number of carbonyl (C=O) groups excluding carboxylic acids is 1. The lowest BCUT2D eigenvalue weighted by molar-refractivity contribution is 0.0299. The zero-order valence-electron chi connectivity index (χ0n) is 19.1. The third-order valence-corrected chi connectivity index (χ3v) is 6.90. The summed E-state index contributed by atoms with van der Waals surface area (Å²) in [4.78, 5) is 23.9. The normalized spacial score (nSPS) is 22.8. The minimum absolute atomic E-state index is 0.241. The second kappa shape index (κ2) is 8.84. The Morgan fingerprint density at radius 2 is 1.79 bits per heavy atom. The second-order valence-corrected chi connectivity index (χ2v) is 9.10. The predicted octanol–water partition coefficient (Wildman–Crippen LogP) is 3.39. The molecule has 2 atom stereocenters. The highest BCUT2D eigenvalue weighted by Gasteiger charge is 2.35. The SMILES string of the molecule is COC(=O)Nc1ccc(-c2nc(N3CC4CCC(C3)O4)nc3c2cnn3C2CCOCC2)cc1. The van der Waals surface area contributed by atoms with E-state index in [4.69, 9.17) is 24.5 Å². The summed E-state index contributed by atoms with van der Waals surface area (Å²) in [5.74, 6) is 0.716. The number of ether oxygens (including phenoxy) is 3. The van der Waals surface area contributed by atoms with Crippen molar-refractivity contribution in [1.82, 2.24) is 19.7 Å². The maximum Gasteiger partial charge on any atom is 0.411 e. The number of methoxy groups -OCH3 is 1. The van der Waals surface area contributed by atoms with Crippen molar-refractivity contribution >= 4 is 28.8 Å². The van der Waals surface area contributed by atoms with Crippen molar-refractivity contribution in [3.05, 3.63) is 30.5 Å². The minimum atomic E-state index is -0.501. The number of amides is 1. The number of benzene rings is 1. The van der Waals surface area contributed by atoms with Gasteiger partial charge >= 0.3 is 6.09 Å². The lowest BCUT2D eigenvalue weighted by Gasteiger charge is -2.32. The average Bonchev–Trinajstić information content (AvgIpc) is 3.46. The van der Waals surface area contributed by atoms with Gasteiger partial charge in [-0.25, -0.2) is 14.5 Å². The van der Waals surface area contributed by atoms with E-state index in [0.29, 0.717) is 11.6 Å². The van der Waals surface area contributed by atoms with Crippen LogP contribution in [0.25, 0.3) is 22.3 Å². The maximum atomic E-state index is 11.6. The quantitative estimate of drug-likeness (QED) is 0.627. The fraction of sp³-hybridized carbons (Fsp3) is 0.500. The summed E-state index contributed by atoms with van der Waals surface area (Å²) in [6.45, 7) is 3.07. The number of hydrogen-bond donors (Lipinski definition) is 1. The molecule has 3 aliphatic rings. The molecule has 3 saturated heterocycles. The van der Waals surface area contributed by atoms with Crippen molar-refractivity contribution < 1.29 is 19.0 Å². The molecule has 178 valence electrons. The molecule has 3 aliphatic heterocycles. The Morgan fingerprint density at radius 3 is 2.50 bits per heavy atom. The van der Waals surface area contributed by atoms with Gasteiger partial charge in [-0.3, -0.25) is 5.32 Å². The maximum absolute atomic E-state index is 11.6. The summed E-state index contributed by atoms with van der Waals surface area (Å²) in [5.41, 5.74) is 3.28. The Bertz CT molecular complexity index is 1180. The molecular formula is C24H28N6O4. The van der Waals surface area contributed by atoms with E-state index in [0.717, 1.165) is 74.3 Å². The fourth-order valence-electron chi connectivity index (χ4n) is 5.13. The van der Waals surface area contributed by atoms with Crippen molar-refractivity contribution in [1.29, 1.82) is 0 Å². The highest BCUT2D eigenvalue weighted by molar-refractivity contribution is 5.92. The molecule has 0 saturated carbocycles. The Morgan fingerprint density at radius 1 is 1.06 bits per heavy atom. The zero-order chi connectivity index (χ0) is 23.1. The van der Waals surface area contributed by atoms with Crippen LogP contribution in [0, 0.1) is 0 Å². The average molecular weight is 465 g/mol. The first kappa shape index (κ1) is 21.3. The van der Waals surface area contributed by atoms with Crippen molar-refractivity contribution in [3.8, 4) is 11.3 Å². The van der Waals surface area contributed by atoms with Gasteiger partial charge in [0.2, 0.25) is 5.95 Å². The van der Waals surface area contributed by atoms with E-state index in [1.807, 2.05) is 30.5 Å². The van der Waals surface area contributed by atoms with Gasteiger partial charge in [-0.2, -0.15) is 10.1 Å². The molecule has 2 aromatic heterocycles. The van der Waals surface area contributed by atoms with Crippen LogP contribution in [0.5, 0.6) is 0 Å². The largest absolute Gasteiger partial charge is 0.453 e. The van der Waals surface area contributed by atoms with E-state index in [-0.39, 0.29) is 18.2 Å². The van der Waals surface area contributed by atoms with Crippen molar-refractivity contribution in [2.24, 2.45) is 0 Å². The molecule has 1 amide bonds. The summed E-state index contributed by atoms with van der Waals surface area (Å²) in [7, 11) is 1.34. The molecule has 1 N–H and O–H groups in total. The van der Waals surface area contributed by atoms with Crippen molar-refractivity contribution in [3.63, 3.8) is 0 Å². The molecule has 0 radical (unpaired) electrons. The molecule has 2 unspecified atom stereocenters. The molecule has 0 aliphatic carbocycles. The Hall–Kier alpha value is -3.24. The standard InChI is InChI=1S/C24H28N6O4/c1-32-24(31)26-16-4-2-15(3-5-16)21-20-12-25-30(17-8-10-33-11-9-17)22(20)28-23(27-21)29-13-18-6-7-19(14-29)34-18/h2-5,12,17-19H,6-11,13-14H2,1H3,(H,26,31). The van der Waals surface area contributed by atoms with Crippen molar-refractivity contribution in [2.75, 3.05) is 43.6 Å². The molecule has 6 rings (SSSR count).